The molecule has 1 fully saturated rings. The second kappa shape index (κ2) is 3.18. The Morgan fingerprint density at radius 1 is 1.82 bits per heavy atom. The molecule has 0 aromatic carbocycles. The van der Waals surface area contributed by atoms with E-state index in [-0.39, 0.29) is 5.54 Å². The maximum absolute atomic E-state index is 10.4. The van der Waals surface area contributed by atoms with Crippen LogP contribution in [0.25, 0.3) is 0 Å². The number of nitrogens with two attached hydrogens (primary N) is 1. The van der Waals surface area contributed by atoms with E-state index in [2.05, 4.69) is 6.92 Å². The van der Waals surface area contributed by atoms with Crippen molar-refractivity contribution in [3.05, 3.63) is 0 Å². The topological polar surface area (TPSA) is 63.3 Å². The largest absolute Gasteiger partial charge is 0.505 e. The second-order valence-electron chi connectivity index (χ2n) is 3.37. The number of hydrogen-bond acceptors (Lipinski definition) is 2. The van der Waals surface area contributed by atoms with Gasteiger partial charge in [-0.2, -0.15) is 4.89 Å². The molecular formula is C7H15NO2P+. The predicted octanol–water partition coefficient (Wildman–Crippen LogP) is 1.24. The first-order valence-corrected chi connectivity index (χ1v) is 5.40. The molecule has 0 aromatic rings. The van der Waals surface area contributed by atoms with Crippen LogP contribution in [0.5, 0.6) is 0 Å². The van der Waals surface area contributed by atoms with E-state index in [0.29, 0.717) is 18.5 Å². The molecule has 64 valence electrons. The molecule has 4 heteroatoms. The molecule has 3 N–H and O–H groups in total. The van der Waals surface area contributed by atoms with Crippen LogP contribution in [-0.2, 0) is 4.57 Å². The monoisotopic (exact) mass is 176 g/mol. The minimum atomic E-state index is -1.98. The summed E-state index contributed by atoms with van der Waals surface area (Å²) in [6.45, 7) is 2.11. The molecule has 0 spiro atoms. The van der Waals surface area contributed by atoms with Crippen molar-refractivity contribution in [2.45, 2.75) is 31.7 Å². The lowest BCUT2D eigenvalue weighted by Gasteiger charge is -2.04. The van der Waals surface area contributed by atoms with E-state index < -0.39 is 8.03 Å². The average Bonchev–Trinajstić information content (AvgIpc) is 2.59. The van der Waals surface area contributed by atoms with Gasteiger partial charge in [-0.25, -0.2) is 0 Å². The summed E-state index contributed by atoms with van der Waals surface area (Å²) in [5, 5.41) is 0. The van der Waals surface area contributed by atoms with Gasteiger partial charge < -0.3 is 5.73 Å². The first-order chi connectivity index (χ1) is 5.08. The van der Waals surface area contributed by atoms with Gasteiger partial charge in [0.05, 0.1) is 0 Å². The van der Waals surface area contributed by atoms with Crippen molar-refractivity contribution >= 4 is 8.03 Å². The summed E-state index contributed by atoms with van der Waals surface area (Å²) in [6, 6.07) is 0. The normalized spacial score (nSPS) is 37.0. The zero-order valence-electron chi connectivity index (χ0n) is 6.79. The molecule has 0 heterocycles. The van der Waals surface area contributed by atoms with Crippen LogP contribution in [0.1, 0.15) is 26.2 Å². The van der Waals surface area contributed by atoms with Gasteiger partial charge in [0.2, 0.25) is 0 Å². The van der Waals surface area contributed by atoms with Crippen LogP contribution in [0.4, 0.5) is 0 Å². The molecule has 1 unspecified atom stereocenters. The molecule has 0 saturated heterocycles. The van der Waals surface area contributed by atoms with Crippen molar-refractivity contribution in [3.63, 3.8) is 0 Å². The number of rotatable bonds is 4. The maximum Gasteiger partial charge on any atom is 0.505 e. The van der Waals surface area contributed by atoms with E-state index in [1.54, 1.807) is 0 Å². The molecule has 1 aliphatic rings. The molecule has 0 amide bonds. The Bertz CT molecular complexity index is 174. The molecule has 3 nitrogen and oxygen atoms in total. The summed E-state index contributed by atoms with van der Waals surface area (Å²) in [4.78, 5) is 8.56. The Hall–Kier alpha value is 0.0200. The van der Waals surface area contributed by atoms with Gasteiger partial charge in [-0.3, -0.25) is 0 Å². The van der Waals surface area contributed by atoms with Gasteiger partial charge in [-0.1, -0.05) is 13.3 Å². The highest BCUT2D eigenvalue weighted by Crippen LogP contribution is 2.46. The van der Waals surface area contributed by atoms with Crippen LogP contribution >= 0.6 is 8.03 Å². The van der Waals surface area contributed by atoms with Crippen LogP contribution in [0.2, 0.25) is 0 Å². The third kappa shape index (κ3) is 2.22. The Labute approximate surface area is 67.8 Å². The standard InChI is InChI=1S/C7H14NO2P/c1-2-6-5-7(6,8)3-4-11(9)10/h6H,2-5,8H2,1H3/p+1/t6-,7+/m0/s1. The van der Waals surface area contributed by atoms with Gasteiger partial charge in [0, 0.05) is 12.0 Å². The van der Waals surface area contributed by atoms with Gasteiger partial charge in [-0.15, -0.1) is 0 Å². The molecular weight excluding hydrogens is 161 g/mol. The zero-order chi connectivity index (χ0) is 8.48. The summed E-state index contributed by atoms with van der Waals surface area (Å²) in [6.07, 6.45) is 3.20. The zero-order valence-corrected chi connectivity index (χ0v) is 7.68. The maximum atomic E-state index is 10.4. The molecule has 0 aliphatic heterocycles. The van der Waals surface area contributed by atoms with Crippen molar-refractivity contribution in [2.75, 3.05) is 6.16 Å². The number of hydrogen-bond donors (Lipinski definition) is 2. The van der Waals surface area contributed by atoms with Gasteiger partial charge in [0.1, 0.15) is 0 Å². The fraction of sp³-hybridized carbons (Fsp3) is 1.00. The Morgan fingerprint density at radius 2 is 2.45 bits per heavy atom. The van der Waals surface area contributed by atoms with Crippen LogP contribution in [-0.4, -0.2) is 16.6 Å². The minimum absolute atomic E-state index is 0.0948. The highest BCUT2D eigenvalue weighted by atomic mass is 31.1. The van der Waals surface area contributed by atoms with Gasteiger partial charge >= 0.3 is 8.03 Å². The second-order valence-corrected chi connectivity index (χ2v) is 4.52. The van der Waals surface area contributed by atoms with Crippen molar-refractivity contribution in [1.29, 1.82) is 0 Å². The summed E-state index contributed by atoms with van der Waals surface area (Å²) in [7, 11) is -1.98. The lowest BCUT2D eigenvalue weighted by Crippen LogP contribution is -2.25. The highest BCUT2D eigenvalue weighted by molar-refractivity contribution is 7.37. The van der Waals surface area contributed by atoms with Gasteiger partial charge in [-0.05, 0) is 16.9 Å². The first-order valence-electron chi connectivity index (χ1n) is 4.01. The van der Waals surface area contributed by atoms with Gasteiger partial charge in [0.15, 0.2) is 6.16 Å². The van der Waals surface area contributed by atoms with Crippen LogP contribution in [0.3, 0.4) is 0 Å². The Balaban J connectivity index is 2.23. The summed E-state index contributed by atoms with van der Waals surface area (Å²) in [5.74, 6) is 0.595. The minimum Gasteiger partial charge on any atom is -0.325 e. The molecule has 1 aliphatic carbocycles. The molecule has 11 heavy (non-hydrogen) atoms. The van der Waals surface area contributed by atoms with E-state index in [9.17, 15) is 4.57 Å². The lowest BCUT2D eigenvalue weighted by molar-refractivity contribution is 0.490. The Kier molecular flexibility index (Phi) is 2.63. The van der Waals surface area contributed by atoms with Crippen LogP contribution in [0.15, 0.2) is 0 Å². The average molecular weight is 176 g/mol. The van der Waals surface area contributed by atoms with Crippen molar-refractivity contribution in [1.82, 2.24) is 0 Å². The van der Waals surface area contributed by atoms with Crippen LogP contribution < -0.4 is 5.73 Å². The highest BCUT2D eigenvalue weighted by Gasteiger charge is 2.50. The van der Waals surface area contributed by atoms with Crippen molar-refractivity contribution < 1.29 is 9.46 Å². The fourth-order valence-electron chi connectivity index (χ4n) is 1.56. The van der Waals surface area contributed by atoms with Crippen molar-refractivity contribution in [2.24, 2.45) is 11.7 Å². The summed E-state index contributed by atoms with van der Waals surface area (Å²) in [5.41, 5.74) is 5.82. The predicted molar refractivity (Wildman–Crippen MR) is 44.6 cm³/mol. The molecule has 0 aromatic heterocycles. The van der Waals surface area contributed by atoms with E-state index >= 15 is 0 Å². The van der Waals surface area contributed by atoms with Gasteiger partial charge in [0.25, 0.3) is 0 Å². The SMILES string of the molecule is CC[C@H]1C[C@]1(N)CC[P+](=O)O. The van der Waals surface area contributed by atoms with Crippen molar-refractivity contribution in [3.8, 4) is 0 Å². The molecule has 1 rings (SSSR count). The third-order valence-corrected chi connectivity index (χ3v) is 3.15. The molecule has 0 bridgehead atoms. The lowest BCUT2D eigenvalue weighted by atomic mass is 10.1. The van der Waals surface area contributed by atoms with E-state index in [0.717, 1.165) is 12.8 Å². The van der Waals surface area contributed by atoms with E-state index in [1.165, 1.54) is 0 Å². The Morgan fingerprint density at radius 3 is 2.82 bits per heavy atom. The molecule has 0 radical (unpaired) electrons. The fourth-order valence-corrected chi connectivity index (χ4v) is 2.17. The molecule has 1 saturated carbocycles. The summed E-state index contributed by atoms with van der Waals surface area (Å²) >= 11 is 0. The quantitative estimate of drug-likeness (QED) is 0.633. The molecule has 3 atom stereocenters. The summed E-state index contributed by atoms with van der Waals surface area (Å²) < 4.78 is 10.4. The van der Waals surface area contributed by atoms with E-state index in [1.807, 2.05) is 0 Å². The first kappa shape index (κ1) is 9.11. The third-order valence-electron chi connectivity index (χ3n) is 2.54. The van der Waals surface area contributed by atoms with E-state index in [4.69, 9.17) is 10.6 Å². The van der Waals surface area contributed by atoms with Crippen LogP contribution in [0, 0.1) is 5.92 Å². The smallest absolute Gasteiger partial charge is 0.325 e.